The molecule has 0 bridgehead atoms. The Bertz CT molecular complexity index is 738. The third-order valence-corrected chi connectivity index (χ3v) is 4.73. The van der Waals surface area contributed by atoms with Gasteiger partial charge in [0.2, 0.25) is 0 Å². The average molecular weight is 373 g/mol. The van der Waals surface area contributed by atoms with Crippen molar-refractivity contribution in [2.24, 2.45) is 0 Å². The van der Waals surface area contributed by atoms with Crippen LogP contribution in [-0.2, 0) is 9.47 Å². The van der Waals surface area contributed by atoms with Crippen molar-refractivity contribution in [3.63, 3.8) is 0 Å². The molecule has 27 heavy (non-hydrogen) atoms. The third kappa shape index (κ3) is 4.28. The smallest absolute Gasteiger partial charge is 0.410 e. The summed E-state index contributed by atoms with van der Waals surface area (Å²) in [6.07, 6.45) is 0.227. The first-order valence-electron chi connectivity index (χ1n) is 9.25. The zero-order chi connectivity index (χ0) is 19.6. The summed E-state index contributed by atoms with van der Waals surface area (Å²) in [6, 6.07) is 7.90. The Labute approximate surface area is 160 Å². The van der Waals surface area contributed by atoms with Crippen molar-refractivity contribution in [1.29, 1.82) is 5.26 Å². The van der Waals surface area contributed by atoms with Crippen molar-refractivity contribution >= 4 is 11.8 Å². The number of carbonyl (C=O) groups is 1. The van der Waals surface area contributed by atoms with Gasteiger partial charge in [0.1, 0.15) is 17.8 Å². The van der Waals surface area contributed by atoms with E-state index in [0.717, 1.165) is 5.69 Å². The second-order valence-electron chi connectivity index (χ2n) is 7.97. The molecule has 0 radical (unpaired) electrons. The Morgan fingerprint density at radius 3 is 2.81 bits per heavy atom. The van der Waals surface area contributed by atoms with Gasteiger partial charge in [0.05, 0.1) is 23.9 Å². The second kappa shape index (κ2) is 7.65. The van der Waals surface area contributed by atoms with E-state index in [-0.39, 0.29) is 18.2 Å². The number of methoxy groups -OCH3 is 1. The van der Waals surface area contributed by atoms with Crippen molar-refractivity contribution < 1.29 is 19.0 Å². The molecule has 2 atom stereocenters. The Hall–Kier alpha value is -2.46. The molecule has 0 saturated carbocycles. The van der Waals surface area contributed by atoms with E-state index in [9.17, 15) is 10.1 Å². The Kier molecular flexibility index (Phi) is 5.47. The number of ether oxygens (including phenoxy) is 3. The van der Waals surface area contributed by atoms with Crippen molar-refractivity contribution in [1.82, 2.24) is 4.90 Å². The predicted molar refractivity (Wildman–Crippen MR) is 101 cm³/mol. The van der Waals surface area contributed by atoms with Crippen molar-refractivity contribution in [3.8, 4) is 11.8 Å². The van der Waals surface area contributed by atoms with E-state index in [0.29, 0.717) is 44.0 Å². The lowest BCUT2D eigenvalue weighted by atomic mass is 10.0. The summed E-state index contributed by atoms with van der Waals surface area (Å²) in [4.78, 5) is 16.5. The van der Waals surface area contributed by atoms with Gasteiger partial charge in [-0.15, -0.1) is 0 Å². The van der Waals surface area contributed by atoms with Gasteiger partial charge in [0.25, 0.3) is 0 Å². The van der Waals surface area contributed by atoms with Gasteiger partial charge in [0, 0.05) is 33.2 Å². The molecule has 146 valence electrons. The maximum atomic E-state index is 12.5. The zero-order valence-electron chi connectivity index (χ0n) is 16.4. The number of hydrogen-bond acceptors (Lipinski definition) is 6. The maximum Gasteiger partial charge on any atom is 0.410 e. The van der Waals surface area contributed by atoms with E-state index in [1.54, 1.807) is 18.1 Å². The van der Waals surface area contributed by atoms with Gasteiger partial charge in [-0.25, -0.2) is 4.79 Å². The number of para-hydroxylation sites is 1. The molecule has 7 nitrogen and oxygen atoms in total. The molecular formula is C20H27N3O4. The fourth-order valence-electron chi connectivity index (χ4n) is 3.64. The van der Waals surface area contributed by atoms with Crippen molar-refractivity contribution in [2.45, 2.75) is 44.9 Å². The molecule has 1 saturated heterocycles. The summed E-state index contributed by atoms with van der Waals surface area (Å²) >= 11 is 0. The Balaban J connectivity index is 1.87. The van der Waals surface area contributed by atoms with Gasteiger partial charge in [-0.2, -0.15) is 5.26 Å². The van der Waals surface area contributed by atoms with Gasteiger partial charge in [0.15, 0.2) is 5.75 Å². The lowest BCUT2D eigenvalue weighted by Crippen LogP contribution is -2.56. The molecule has 1 amide bonds. The number of anilines is 1. The summed E-state index contributed by atoms with van der Waals surface area (Å²) in [5.41, 5.74) is 0.901. The number of nitriles is 1. The van der Waals surface area contributed by atoms with E-state index in [4.69, 9.17) is 14.2 Å². The number of piperazine rings is 1. The van der Waals surface area contributed by atoms with E-state index < -0.39 is 5.60 Å². The highest BCUT2D eigenvalue weighted by Gasteiger charge is 2.37. The van der Waals surface area contributed by atoms with Crippen LogP contribution in [0.3, 0.4) is 0 Å². The number of fused-ring (bicyclic) bond motifs is 3. The Morgan fingerprint density at radius 1 is 1.37 bits per heavy atom. The largest absolute Gasteiger partial charge is 0.484 e. The Morgan fingerprint density at radius 2 is 2.15 bits per heavy atom. The van der Waals surface area contributed by atoms with E-state index >= 15 is 0 Å². The summed E-state index contributed by atoms with van der Waals surface area (Å²) in [6.45, 7) is 7.81. The van der Waals surface area contributed by atoms with Crippen molar-refractivity contribution in [2.75, 3.05) is 38.3 Å². The number of rotatable bonds is 2. The molecular weight excluding hydrogens is 346 g/mol. The van der Waals surface area contributed by atoms with Crippen LogP contribution in [0.2, 0.25) is 0 Å². The van der Waals surface area contributed by atoms with E-state index in [1.165, 1.54) is 0 Å². The van der Waals surface area contributed by atoms with Crippen LogP contribution >= 0.6 is 0 Å². The average Bonchev–Trinajstić information content (AvgIpc) is 2.76. The van der Waals surface area contributed by atoms with Crippen LogP contribution in [0.5, 0.6) is 5.75 Å². The number of amides is 1. The van der Waals surface area contributed by atoms with Crippen LogP contribution < -0.4 is 9.64 Å². The minimum atomic E-state index is -0.520. The highest BCUT2D eigenvalue weighted by atomic mass is 16.6. The highest BCUT2D eigenvalue weighted by Crippen LogP contribution is 2.39. The number of nitrogens with zero attached hydrogens (tertiary/aromatic N) is 3. The fourth-order valence-corrected chi connectivity index (χ4v) is 3.64. The molecule has 2 aliphatic heterocycles. The van der Waals surface area contributed by atoms with Crippen LogP contribution in [0, 0.1) is 11.3 Å². The molecule has 1 fully saturated rings. The first-order valence-corrected chi connectivity index (χ1v) is 9.25. The van der Waals surface area contributed by atoms with Gasteiger partial charge in [-0.1, -0.05) is 6.07 Å². The molecule has 0 aliphatic carbocycles. The van der Waals surface area contributed by atoms with Gasteiger partial charge in [-0.3, -0.25) is 0 Å². The molecule has 3 rings (SSSR count). The van der Waals surface area contributed by atoms with E-state index in [2.05, 4.69) is 11.0 Å². The lowest BCUT2D eigenvalue weighted by Gasteiger charge is -2.42. The standard InChI is InChI=1S/C20H27N3O4/c1-20(2,3)27-19(24)22-8-9-23-15(12-22)10-16(13-25-4)26-18-14(11-21)6-5-7-17(18)23/h5-7,15-16H,8-10,12-13H2,1-4H3/t15-,16+/m1/s1. The number of carbonyl (C=O) groups excluding carboxylic acids is 1. The summed E-state index contributed by atoms with van der Waals surface area (Å²) < 4.78 is 17.0. The van der Waals surface area contributed by atoms with Crippen LogP contribution in [0.15, 0.2) is 18.2 Å². The van der Waals surface area contributed by atoms with Crippen molar-refractivity contribution in [3.05, 3.63) is 23.8 Å². The quantitative estimate of drug-likeness (QED) is 0.794. The highest BCUT2D eigenvalue weighted by molar-refractivity contribution is 5.70. The fraction of sp³-hybridized carbons (Fsp3) is 0.600. The molecule has 0 aromatic heterocycles. The SMILES string of the molecule is COC[C@@H]1C[C@@H]2CN(C(=O)OC(C)(C)C)CCN2c2cccc(C#N)c2O1. The molecule has 0 spiro atoms. The van der Waals surface area contributed by atoms with Crippen LogP contribution in [0.4, 0.5) is 10.5 Å². The first-order chi connectivity index (χ1) is 12.8. The van der Waals surface area contributed by atoms with Crippen LogP contribution in [-0.4, -0.2) is 62.1 Å². The summed E-state index contributed by atoms with van der Waals surface area (Å²) in [7, 11) is 1.64. The molecule has 2 aliphatic rings. The molecule has 2 heterocycles. The lowest BCUT2D eigenvalue weighted by molar-refractivity contribution is 0.0190. The number of hydrogen-bond donors (Lipinski definition) is 0. The normalized spacial score (nSPS) is 22.0. The number of benzene rings is 1. The molecule has 7 heteroatoms. The molecule has 1 aromatic rings. The van der Waals surface area contributed by atoms with Crippen LogP contribution in [0.25, 0.3) is 0 Å². The third-order valence-electron chi connectivity index (χ3n) is 4.73. The second-order valence-corrected chi connectivity index (χ2v) is 7.97. The molecule has 0 N–H and O–H groups in total. The van der Waals surface area contributed by atoms with E-state index in [1.807, 2.05) is 32.9 Å². The van der Waals surface area contributed by atoms with Gasteiger partial charge < -0.3 is 24.0 Å². The van der Waals surface area contributed by atoms with Gasteiger partial charge in [-0.05, 0) is 32.9 Å². The first kappa shape index (κ1) is 19.3. The maximum absolute atomic E-state index is 12.5. The minimum absolute atomic E-state index is 0.0709. The monoisotopic (exact) mass is 373 g/mol. The molecule has 1 aromatic carbocycles. The topological polar surface area (TPSA) is 75.0 Å². The van der Waals surface area contributed by atoms with Gasteiger partial charge >= 0.3 is 6.09 Å². The summed E-state index contributed by atoms with van der Waals surface area (Å²) in [5.74, 6) is 0.607. The minimum Gasteiger partial charge on any atom is -0.484 e. The zero-order valence-corrected chi connectivity index (χ0v) is 16.4. The predicted octanol–water partition coefficient (Wildman–Crippen LogP) is 2.78. The van der Waals surface area contributed by atoms with Crippen LogP contribution in [0.1, 0.15) is 32.8 Å². The molecule has 0 unspecified atom stereocenters. The summed E-state index contributed by atoms with van der Waals surface area (Å²) in [5, 5.41) is 9.47.